The molecule has 33 heavy (non-hydrogen) atoms. The Balaban J connectivity index is 1.37. The molecule has 0 bridgehead atoms. The normalized spacial score (nSPS) is 11.1. The molecule has 170 valence electrons. The molecule has 3 heteroatoms. The number of halogens is 2. The summed E-state index contributed by atoms with van der Waals surface area (Å²) in [7, 11) is 0. The van der Waals surface area contributed by atoms with Gasteiger partial charge in [-0.15, -0.1) is 0 Å². The van der Waals surface area contributed by atoms with Gasteiger partial charge in [0.1, 0.15) is 11.6 Å². The summed E-state index contributed by atoms with van der Waals surface area (Å²) in [5.41, 5.74) is 4.42. The first-order chi connectivity index (χ1) is 16.1. The molecular weight excluding hydrogens is 431 g/mol. The molecule has 0 aliphatic heterocycles. The van der Waals surface area contributed by atoms with Gasteiger partial charge in [0.05, 0.1) is 6.61 Å². The lowest BCUT2D eigenvalue weighted by atomic mass is 9.97. The van der Waals surface area contributed by atoms with Gasteiger partial charge in [0, 0.05) is 10.4 Å². The lowest BCUT2D eigenvalue weighted by molar-refractivity contribution is 0.309. The SMILES string of the molecule is CCCCOc1ccc(CCc2ccc3c(F)c(CCc4ccc(Cl)cc4)ccc3c2)cc1. The van der Waals surface area contributed by atoms with Crippen LogP contribution in [0.5, 0.6) is 5.75 Å². The van der Waals surface area contributed by atoms with Crippen molar-refractivity contribution in [2.45, 2.75) is 45.4 Å². The predicted molar refractivity (Wildman–Crippen MR) is 137 cm³/mol. The van der Waals surface area contributed by atoms with E-state index in [9.17, 15) is 0 Å². The summed E-state index contributed by atoms with van der Waals surface area (Å²) in [6, 6.07) is 26.2. The van der Waals surface area contributed by atoms with Crippen molar-refractivity contribution in [1.29, 1.82) is 0 Å². The summed E-state index contributed by atoms with van der Waals surface area (Å²) in [6.07, 6.45) is 5.55. The Morgan fingerprint density at radius 3 is 2.09 bits per heavy atom. The quantitative estimate of drug-likeness (QED) is 0.216. The van der Waals surface area contributed by atoms with E-state index >= 15 is 4.39 Å². The highest BCUT2D eigenvalue weighted by atomic mass is 35.5. The number of rotatable bonds is 10. The average Bonchev–Trinajstić information content (AvgIpc) is 2.84. The number of hydrogen-bond donors (Lipinski definition) is 0. The number of ether oxygens (including phenoxy) is 1. The van der Waals surface area contributed by atoms with Crippen LogP contribution in [0.25, 0.3) is 10.8 Å². The third kappa shape index (κ3) is 6.36. The fourth-order valence-corrected chi connectivity index (χ4v) is 4.17. The van der Waals surface area contributed by atoms with Gasteiger partial charge in [0.15, 0.2) is 0 Å². The fourth-order valence-electron chi connectivity index (χ4n) is 4.04. The van der Waals surface area contributed by atoms with E-state index < -0.39 is 0 Å². The molecule has 0 saturated carbocycles. The molecule has 4 aromatic carbocycles. The molecule has 0 unspecified atom stereocenters. The third-order valence-corrected chi connectivity index (χ3v) is 6.34. The zero-order valence-corrected chi connectivity index (χ0v) is 19.9. The minimum atomic E-state index is -0.105. The van der Waals surface area contributed by atoms with Crippen molar-refractivity contribution in [3.63, 3.8) is 0 Å². The van der Waals surface area contributed by atoms with E-state index in [1.165, 1.54) is 11.1 Å². The molecule has 0 heterocycles. The van der Waals surface area contributed by atoms with Crippen molar-refractivity contribution >= 4 is 22.4 Å². The lowest BCUT2D eigenvalue weighted by Gasteiger charge is -2.10. The van der Waals surface area contributed by atoms with Gasteiger partial charge in [-0.2, -0.15) is 0 Å². The van der Waals surface area contributed by atoms with Crippen molar-refractivity contribution in [2.75, 3.05) is 6.61 Å². The molecular formula is C30H30ClFO. The van der Waals surface area contributed by atoms with Gasteiger partial charge >= 0.3 is 0 Å². The molecule has 0 aromatic heterocycles. The minimum Gasteiger partial charge on any atom is -0.494 e. The first kappa shape index (κ1) is 23.3. The van der Waals surface area contributed by atoms with Crippen LogP contribution >= 0.6 is 11.6 Å². The van der Waals surface area contributed by atoms with Crippen LogP contribution in [0.2, 0.25) is 5.02 Å². The second-order valence-electron chi connectivity index (χ2n) is 8.57. The number of aryl methyl sites for hydroxylation is 4. The van der Waals surface area contributed by atoms with Crippen molar-refractivity contribution in [3.8, 4) is 5.75 Å². The number of hydrogen-bond acceptors (Lipinski definition) is 1. The Bertz CT molecular complexity index is 1180. The predicted octanol–water partition coefficient (Wildman–Crippen LogP) is 8.38. The topological polar surface area (TPSA) is 9.23 Å². The van der Waals surface area contributed by atoms with E-state index in [2.05, 4.69) is 31.2 Å². The summed E-state index contributed by atoms with van der Waals surface area (Å²) in [6.45, 7) is 2.93. The van der Waals surface area contributed by atoms with Gasteiger partial charge in [0.2, 0.25) is 0 Å². The molecule has 0 radical (unpaired) electrons. The van der Waals surface area contributed by atoms with Crippen LogP contribution in [0.4, 0.5) is 4.39 Å². The highest BCUT2D eigenvalue weighted by Gasteiger charge is 2.09. The average molecular weight is 461 g/mol. The highest BCUT2D eigenvalue weighted by Crippen LogP contribution is 2.25. The number of fused-ring (bicyclic) bond motifs is 1. The van der Waals surface area contributed by atoms with E-state index in [1.54, 1.807) is 0 Å². The smallest absolute Gasteiger partial charge is 0.134 e. The largest absolute Gasteiger partial charge is 0.494 e. The standard InChI is InChI=1S/C30H30ClFO/c1-2-3-20-33-28-17-9-22(10-18-28)4-5-24-11-19-29-26(21-24)14-13-25(30(29)32)12-6-23-7-15-27(31)16-8-23/h7-11,13-19,21H,2-6,12,20H2,1H3. The van der Waals surface area contributed by atoms with Gasteiger partial charge < -0.3 is 4.74 Å². The molecule has 0 atom stereocenters. The highest BCUT2D eigenvalue weighted by molar-refractivity contribution is 6.30. The Morgan fingerprint density at radius 1 is 0.727 bits per heavy atom. The Labute approximate surface area is 201 Å². The summed E-state index contributed by atoms with van der Waals surface area (Å²) < 4.78 is 20.9. The van der Waals surface area contributed by atoms with E-state index in [1.807, 2.05) is 54.6 Å². The van der Waals surface area contributed by atoms with Gasteiger partial charge in [0.25, 0.3) is 0 Å². The molecule has 0 aliphatic rings. The molecule has 0 saturated heterocycles. The second kappa shape index (κ2) is 11.3. The van der Waals surface area contributed by atoms with Gasteiger partial charge in [-0.3, -0.25) is 0 Å². The molecule has 1 nitrogen and oxygen atoms in total. The summed E-state index contributed by atoms with van der Waals surface area (Å²) in [5, 5.41) is 2.38. The molecule has 0 spiro atoms. The van der Waals surface area contributed by atoms with Crippen LogP contribution in [0.1, 0.15) is 42.0 Å². The Morgan fingerprint density at radius 2 is 1.36 bits per heavy atom. The monoisotopic (exact) mass is 460 g/mol. The lowest BCUT2D eigenvalue weighted by Crippen LogP contribution is -1.98. The maximum atomic E-state index is 15.1. The van der Waals surface area contributed by atoms with E-state index in [0.717, 1.165) is 66.0 Å². The van der Waals surface area contributed by atoms with Crippen LogP contribution in [0.3, 0.4) is 0 Å². The van der Waals surface area contributed by atoms with Gasteiger partial charge in [-0.05, 0) is 84.0 Å². The molecule has 0 fully saturated rings. The molecule has 0 amide bonds. The van der Waals surface area contributed by atoms with Crippen molar-refractivity contribution in [2.24, 2.45) is 0 Å². The van der Waals surface area contributed by atoms with Crippen molar-refractivity contribution in [3.05, 3.63) is 112 Å². The maximum absolute atomic E-state index is 15.1. The second-order valence-corrected chi connectivity index (χ2v) is 9.00. The van der Waals surface area contributed by atoms with E-state index in [0.29, 0.717) is 11.8 Å². The fraction of sp³-hybridized carbons (Fsp3) is 0.267. The van der Waals surface area contributed by atoms with Crippen LogP contribution in [-0.4, -0.2) is 6.61 Å². The third-order valence-electron chi connectivity index (χ3n) is 6.09. The van der Waals surface area contributed by atoms with Gasteiger partial charge in [-0.1, -0.05) is 79.5 Å². The molecule has 4 rings (SSSR count). The molecule has 4 aromatic rings. The van der Waals surface area contributed by atoms with Gasteiger partial charge in [-0.25, -0.2) is 4.39 Å². The minimum absolute atomic E-state index is 0.105. The van der Waals surface area contributed by atoms with Crippen molar-refractivity contribution < 1.29 is 9.13 Å². The van der Waals surface area contributed by atoms with E-state index in [4.69, 9.17) is 16.3 Å². The first-order valence-corrected chi connectivity index (χ1v) is 12.2. The molecule has 0 N–H and O–H groups in total. The summed E-state index contributed by atoms with van der Waals surface area (Å²) in [5.74, 6) is 0.826. The number of benzene rings is 4. The summed E-state index contributed by atoms with van der Waals surface area (Å²) >= 11 is 5.95. The van der Waals surface area contributed by atoms with Crippen molar-refractivity contribution in [1.82, 2.24) is 0 Å². The zero-order chi connectivity index (χ0) is 23.0. The number of unbranched alkanes of at least 4 members (excludes halogenated alkanes) is 1. The summed E-state index contributed by atoms with van der Waals surface area (Å²) in [4.78, 5) is 0. The first-order valence-electron chi connectivity index (χ1n) is 11.8. The Kier molecular flexibility index (Phi) is 8.01. The Hall–Kier alpha value is -2.84. The molecule has 0 aliphatic carbocycles. The van der Waals surface area contributed by atoms with Crippen LogP contribution in [0, 0.1) is 5.82 Å². The van der Waals surface area contributed by atoms with E-state index in [-0.39, 0.29) is 5.82 Å². The van der Waals surface area contributed by atoms with Crippen LogP contribution < -0.4 is 4.74 Å². The zero-order valence-electron chi connectivity index (χ0n) is 19.1. The maximum Gasteiger partial charge on any atom is 0.134 e. The van der Waals surface area contributed by atoms with Crippen LogP contribution in [0.15, 0.2) is 78.9 Å². The van der Waals surface area contributed by atoms with Crippen LogP contribution in [-0.2, 0) is 25.7 Å².